The van der Waals surface area contributed by atoms with Crippen molar-refractivity contribution in [2.45, 2.75) is 78.6 Å². The highest BCUT2D eigenvalue weighted by Crippen LogP contribution is 2.38. The Morgan fingerprint density at radius 3 is 1.96 bits per heavy atom. The Hall–Kier alpha value is -0.515. The third-order valence-corrected chi connectivity index (χ3v) is 5.21. The zero-order valence-electron chi connectivity index (χ0n) is 15.5. The van der Waals surface area contributed by atoms with Crippen molar-refractivity contribution in [1.29, 1.82) is 0 Å². The molecule has 0 atom stereocenters. The summed E-state index contributed by atoms with van der Waals surface area (Å²) in [6.07, 6.45) is 0.0809. The van der Waals surface area contributed by atoms with Crippen LogP contribution in [0.15, 0.2) is 16.6 Å². The van der Waals surface area contributed by atoms with Crippen LogP contribution in [0.5, 0.6) is 5.75 Å². The van der Waals surface area contributed by atoms with Crippen molar-refractivity contribution < 1.29 is 14.0 Å². The van der Waals surface area contributed by atoms with Gasteiger partial charge in [0.15, 0.2) is 0 Å². The molecule has 0 aromatic heterocycles. The summed E-state index contributed by atoms with van der Waals surface area (Å²) in [7, 11) is -0.427. The lowest BCUT2D eigenvalue weighted by Crippen LogP contribution is -2.41. The van der Waals surface area contributed by atoms with Crippen molar-refractivity contribution in [3.05, 3.63) is 22.2 Å². The largest absolute Gasteiger partial charge is 0.498 e. The summed E-state index contributed by atoms with van der Waals surface area (Å²) in [6, 6.07) is 4.27. The summed E-state index contributed by atoms with van der Waals surface area (Å²) in [5.41, 5.74) is 1.45. The molecule has 0 N–H and O–H groups in total. The molecule has 2 rings (SSSR count). The second-order valence-electron chi connectivity index (χ2n) is 7.83. The molecule has 1 heterocycles. The average molecular weight is 383 g/mol. The van der Waals surface area contributed by atoms with Crippen LogP contribution in [0.1, 0.15) is 66.9 Å². The Morgan fingerprint density at radius 1 is 1.00 bits per heavy atom. The van der Waals surface area contributed by atoms with Crippen LogP contribution in [0.25, 0.3) is 0 Å². The summed E-state index contributed by atoms with van der Waals surface area (Å²) in [5.74, 6) is 1.23. The van der Waals surface area contributed by atoms with Crippen LogP contribution in [-0.2, 0) is 9.31 Å². The third kappa shape index (κ3) is 3.77. The Labute approximate surface area is 149 Å². The molecule has 23 heavy (non-hydrogen) atoms. The smallest absolute Gasteiger partial charge is 0.490 e. The first-order valence-corrected chi connectivity index (χ1v) is 9.09. The van der Waals surface area contributed by atoms with E-state index in [2.05, 4.69) is 69.6 Å². The van der Waals surface area contributed by atoms with Gasteiger partial charge < -0.3 is 14.0 Å². The molecule has 0 amide bonds. The van der Waals surface area contributed by atoms with Gasteiger partial charge in [-0.15, -0.1) is 0 Å². The fourth-order valence-electron chi connectivity index (χ4n) is 2.48. The maximum Gasteiger partial charge on any atom is 0.498 e. The van der Waals surface area contributed by atoms with Gasteiger partial charge in [-0.05, 0) is 75.0 Å². The first kappa shape index (κ1) is 18.8. The molecule has 0 saturated carbocycles. The van der Waals surface area contributed by atoms with Gasteiger partial charge >= 0.3 is 7.12 Å². The molecule has 1 aromatic carbocycles. The molecule has 128 valence electrons. The minimum Gasteiger partial charge on any atom is -0.490 e. The van der Waals surface area contributed by atoms with Gasteiger partial charge in [0, 0.05) is 5.46 Å². The van der Waals surface area contributed by atoms with Crippen LogP contribution in [0.3, 0.4) is 0 Å². The van der Waals surface area contributed by atoms with E-state index >= 15 is 0 Å². The van der Waals surface area contributed by atoms with E-state index < -0.39 is 7.12 Å². The molecular formula is C18H28BBrO3. The molecule has 0 spiro atoms. The summed E-state index contributed by atoms with van der Waals surface area (Å²) in [6.45, 7) is 16.7. The molecule has 1 aliphatic heterocycles. The van der Waals surface area contributed by atoms with Crippen LogP contribution in [0.2, 0.25) is 0 Å². The van der Waals surface area contributed by atoms with Crippen LogP contribution in [0, 0.1) is 0 Å². The lowest BCUT2D eigenvalue weighted by Gasteiger charge is -2.32. The predicted octanol–water partition coefficient (Wildman–Crippen LogP) is 4.66. The van der Waals surface area contributed by atoms with E-state index in [-0.39, 0.29) is 17.3 Å². The first-order chi connectivity index (χ1) is 10.4. The number of benzene rings is 1. The molecule has 3 nitrogen and oxygen atoms in total. The molecule has 0 radical (unpaired) electrons. The maximum absolute atomic E-state index is 6.24. The van der Waals surface area contributed by atoms with Crippen LogP contribution < -0.4 is 10.2 Å². The molecule has 1 aromatic rings. The molecular weight excluding hydrogens is 355 g/mol. The Bertz CT molecular complexity index is 566. The minimum atomic E-state index is -0.427. The Balaban J connectivity index is 2.51. The van der Waals surface area contributed by atoms with Crippen LogP contribution >= 0.6 is 15.9 Å². The van der Waals surface area contributed by atoms with Crippen LogP contribution in [0.4, 0.5) is 0 Å². The summed E-state index contributed by atoms with van der Waals surface area (Å²) in [4.78, 5) is 0. The van der Waals surface area contributed by atoms with Crippen molar-refractivity contribution in [1.82, 2.24) is 0 Å². The second-order valence-corrected chi connectivity index (χ2v) is 8.68. The van der Waals surface area contributed by atoms with Gasteiger partial charge in [0.2, 0.25) is 0 Å². The van der Waals surface area contributed by atoms with E-state index in [0.29, 0.717) is 5.92 Å². The van der Waals surface area contributed by atoms with E-state index in [4.69, 9.17) is 14.0 Å². The fourth-order valence-corrected chi connectivity index (χ4v) is 3.06. The van der Waals surface area contributed by atoms with Gasteiger partial charge in [-0.3, -0.25) is 0 Å². The molecule has 0 bridgehead atoms. The highest BCUT2D eigenvalue weighted by atomic mass is 79.9. The summed E-state index contributed by atoms with van der Waals surface area (Å²) < 4.78 is 19.5. The summed E-state index contributed by atoms with van der Waals surface area (Å²) >= 11 is 3.66. The maximum atomic E-state index is 6.24. The quantitative estimate of drug-likeness (QED) is 0.708. The highest BCUT2D eigenvalue weighted by Gasteiger charge is 2.52. The molecule has 0 unspecified atom stereocenters. The molecule has 1 aliphatic rings. The standard InChI is InChI=1S/C18H28BBrO3/c1-11(2)13-9-14(16(15(20)10-13)21-12(3)4)19-22-17(5,6)18(7,8)23-19/h9-12H,1-8H3. The van der Waals surface area contributed by atoms with E-state index in [0.717, 1.165) is 15.7 Å². The Kier molecular flexibility index (Phi) is 5.25. The van der Waals surface area contributed by atoms with E-state index in [1.807, 2.05) is 13.8 Å². The third-order valence-electron chi connectivity index (χ3n) is 4.62. The topological polar surface area (TPSA) is 27.7 Å². The van der Waals surface area contributed by atoms with Gasteiger partial charge in [0.05, 0.1) is 21.8 Å². The number of hydrogen-bond acceptors (Lipinski definition) is 3. The first-order valence-electron chi connectivity index (χ1n) is 8.30. The van der Waals surface area contributed by atoms with Crippen molar-refractivity contribution >= 4 is 28.5 Å². The van der Waals surface area contributed by atoms with Gasteiger partial charge in [-0.2, -0.15) is 0 Å². The Morgan fingerprint density at radius 2 is 1.52 bits per heavy atom. The monoisotopic (exact) mass is 382 g/mol. The van der Waals surface area contributed by atoms with E-state index in [1.165, 1.54) is 5.56 Å². The van der Waals surface area contributed by atoms with Gasteiger partial charge in [0.1, 0.15) is 5.75 Å². The predicted molar refractivity (Wildman–Crippen MR) is 99.7 cm³/mol. The number of halogens is 1. The zero-order chi connectivity index (χ0) is 17.6. The zero-order valence-corrected chi connectivity index (χ0v) is 17.1. The second kappa shape index (κ2) is 6.42. The van der Waals surface area contributed by atoms with Crippen molar-refractivity contribution in [3.63, 3.8) is 0 Å². The molecule has 1 fully saturated rings. The van der Waals surface area contributed by atoms with Crippen molar-refractivity contribution in [3.8, 4) is 5.75 Å². The van der Waals surface area contributed by atoms with E-state index in [1.54, 1.807) is 0 Å². The minimum absolute atomic E-state index is 0.0809. The van der Waals surface area contributed by atoms with Gasteiger partial charge in [-0.25, -0.2) is 0 Å². The number of ether oxygens (including phenoxy) is 1. The van der Waals surface area contributed by atoms with Gasteiger partial charge in [-0.1, -0.05) is 19.9 Å². The highest BCUT2D eigenvalue weighted by molar-refractivity contribution is 9.10. The number of hydrogen-bond donors (Lipinski definition) is 0. The lowest BCUT2D eigenvalue weighted by atomic mass is 9.76. The van der Waals surface area contributed by atoms with Crippen molar-refractivity contribution in [2.24, 2.45) is 0 Å². The average Bonchev–Trinajstić information content (AvgIpc) is 2.59. The van der Waals surface area contributed by atoms with Crippen molar-refractivity contribution in [2.75, 3.05) is 0 Å². The number of rotatable bonds is 4. The molecule has 1 saturated heterocycles. The van der Waals surface area contributed by atoms with E-state index in [9.17, 15) is 0 Å². The van der Waals surface area contributed by atoms with Crippen LogP contribution in [-0.4, -0.2) is 24.4 Å². The SMILES string of the molecule is CC(C)Oc1c(Br)cc(C(C)C)cc1B1OC(C)(C)C(C)(C)O1. The van der Waals surface area contributed by atoms with Gasteiger partial charge in [0.25, 0.3) is 0 Å². The summed E-state index contributed by atoms with van der Waals surface area (Å²) in [5, 5.41) is 0. The normalized spacial score (nSPS) is 19.7. The lowest BCUT2D eigenvalue weighted by molar-refractivity contribution is 0.00578. The molecule has 5 heteroatoms. The molecule has 0 aliphatic carbocycles. The fraction of sp³-hybridized carbons (Fsp3) is 0.667.